The molecule has 1 heterocycles. The van der Waals surface area contributed by atoms with E-state index in [0.29, 0.717) is 40.8 Å². The summed E-state index contributed by atoms with van der Waals surface area (Å²) in [6, 6.07) is 3.77. The number of hydrogen-bond acceptors (Lipinski definition) is 5. The van der Waals surface area contributed by atoms with Crippen molar-refractivity contribution in [2.75, 3.05) is 18.9 Å². The molecule has 208 valence electrons. The number of carbonyl (C=O) groups is 4. The summed E-state index contributed by atoms with van der Waals surface area (Å²) in [5.74, 6) is -4.23. The Morgan fingerprint density at radius 3 is 2.54 bits per heavy atom. The fraction of sp³-hybridized carbons (Fsp3) is 0.360. The van der Waals surface area contributed by atoms with Crippen LogP contribution in [0.15, 0.2) is 36.4 Å². The number of halogens is 5. The number of amides is 5. The number of nitrogens with one attached hydrogen (secondary N) is 2. The van der Waals surface area contributed by atoms with Crippen molar-refractivity contribution in [2.45, 2.75) is 44.1 Å². The molecular formula is C25H23F5N4O5. The van der Waals surface area contributed by atoms with Crippen molar-refractivity contribution in [3.8, 4) is 0 Å². The molecule has 0 saturated carbocycles. The molecule has 1 aliphatic carbocycles. The first-order valence-electron chi connectivity index (χ1n) is 11.7. The molecule has 2 atom stereocenters. The molecule has 0 bridgehead atoms. The molecule has 0 aromatic heterocycles. The fourth-order valence-electron chi connectivity index (χ4n) is 4.62. The molecule has 1 spiro atoms. The van der Waals surface area contributed by atoms with Crippen molar-refractivity contribution in [3.05, 3.63) is 64.7 Å². The maximum Gasteiger partial charge on any atom is 0.418 e. The number of urea groups is 1. The maximum atomic E-state index is 14.2. The van der Waals surface area contributed by atoms with Gasteiger partial charge in [0, 0.05) is 36.8 Å². The van der Waals surface area contributed by atoms with Crippen LogP contribution in [-0.4, -0.2) is 59.5 Å². The van der Waals surface area contributed by atoms with E-state index in [-0.39, 0.29) is 17.7 Å². The fourth-order valence-corrected chi connectivity index (χ4v) is 4.62. The van der Waals surface area contributed by atoms with E-state index in [1.807, 2.05) is 0 Å². The molecule has 9 nitrogen and oxygen atoms in total. The minimum Gasteiger partial charge on any atom is -0.427 e. The Kier molecular flexibility index (Phi) is 7.23. The minimum absolute atomic E-state index is 0.0121. The number of benzene rings is 2. The molecule has 14 heteroatoms. The minimum atomic E-state index is -4.94. The number of carbonyl (C=O) groups excluding carboxylic acids is 4. The first-order valence-corrected chi connectivity index (χ1v) is 11.7. The lowest BCUT2D eigenvalue weighted by Crippen LogP contribution is -2.51. The summed E-state index contributed by atoms with van der Waals surface area (Å²) in [6.07, 6.45) is -5.89. The van der Waals surface area contributed by atoms with Crippen molar-refractivity contribution in [3.63, 3.8) is 0 Å². The van der Waals surface area contributed by atoms with Crippen molar-refractivity contribution < 1.29 is 45.9 Å². The van der Waals surface area contributed by atoms with E-state index >= 15 is 0 Å². The predicted octanol–water partition coefficient (Wildman–Crippen LogP) is 3.82. The molecule has 1 aliphatic heterocycles. The van der Waals surface area contributed by atoms with E-state index in [1.54, 1.807) is 6.07 Å². The number of imide groups is 1. The lowest BCUT2D eigenvalue weighted by Gasteiger charge is -2.31. The number of anilines is 1. The van der Waals surface area contributed by atoms with Gasteiger partial charge >= 0.3 is 18.3 Å². The van der Waals surface area contributed by atoms with Gasteiger partial charge in [-0.15, -0.1) is 0 Å². The number of rotatable bonds is 6. The maximum absolute atomic E-state index is 14.2. The predicted molar refractivity (Wildman–Crippen MR) is 125 cm³/mol. The highest BCUT2D eigenvalue weighted by Gasteiger charge is 2.58. The number of alkyl halides is 3. The van der Waals surface area contributed by atoms with Crippen LogP contribution in [0.5, 0.6) is 0 Å². The van der Waals surface area contributed by atoms with Crippen LogP contribution in [0, 0.1) is 11.6 Å². The van der Waals surface area contributed by atoms with E-state index in [4.69, 9.17) is 4.74 Å². The largest absolute Gasteiger partial charge is 0.427 e. The Bertz CT molecular complexity index is 1350. The second kappa shape index (κ2) is 10.2. The van der Waals surface area contributed by atoms with Crippen LogP contribution in [-0.2, 0) is 32.9 Å². The summed E-state index contributed by atoms with van der Waals surface area (Å²) in [4.78, 5) is 51.4. The molecule has 1 fully saturated rings. The summed E-state index contributed by atoms with van der Waals surface area (Å²) in [5.41, 5.74) is -0.979. The van der Waals surface area contributed by atoms with Crippen LogP contribution in [0.1, 0.15) is 30.0 Å². The number of hydrogen-bond donors (Lipinski definition) is 2. The average Bonchev–Trinajstić information content (AvgIpc) is 3.35. The second-order valence-electron chi connectivity index (χ2n) is 9.14. The molecule has 2 aromatic carbocycles. The molecule has 4 rings (SSSR count). The highest BCUT2D eigenvalue weighted by molar-refractivity contribution is 6.06. The van der Waals surface area contributed by atoms with E-state index in [1.165, 1.54) is 19.2 Å². The molecule has 39 heavy (non-hydrogen) atoms. The highest BCUT2D eigenvalue weighted by atomic mass is 19.4. The van der Waals surface area contributed by atoms with E-state index in [2.05, 4.69) is 10.6 Å². The Morgan fingerprint density at radius 2 is 1.87 bits per heavy atom. The second-order valence-corrected chi connectivity index (χ2v) is 9.14. The van der Waals surface area contributed by atoms with Crippen LogP contribution in [0.25, 0.3) is 0 Å². The van der Waals surface area contributed by atoms with Gasteiger partial charge in [0.15, 0.2) is 0 Å². The molecule has 2 aromatic rings. The smallest absolute Gasteiger partial charge is 0.418 e. The molecule has 5 amide bonds. The number of ether oxygens (including phenoxy) is 1. The summed E-state index contributed by atoms with van der Waals surface area (Å²) < 4.78 is 74.0. The first-order chi connectivity index (χ1) is 18.3. The Hall–Kier alpha value is -4.23. The standard InChI is InChI=1S/C25H23F5N4O5/c1-13(25(28,29)30)33(11-15-9-16(26)3-6-19(15)27)20(35)12-34-21(36)24(39-23(34)38)8-7-14-10-17(4-5-18(14)24)32-22(37)31-2/h3-6,9-10,13H,7-8,11-12H2,1-2H3,(H2,31,32,37)/t13-,24?/m0/s1. The normalized spacial score (nSPS) is 19.1. The third-order valence-corrected chi connectivity index (χ3v) is 6.75. The summed E-state index contributed by atoms with van der Waals surface area (Å²) in [6.45, 7) is -1.42. The van der Waals surface area contributed by atoms with Crippen LogP contribution < -0.4 is 10.6 Å². The first kappa shape index (κ1) is 27.8. The monoisotopic (exact) mass is 554 g/mol. The molecule has 0 radical (unpaired) electrons. The average molecular weight is 554 g/mol. The topological polar surface area (TPSA) is 108 Å². The van der Waals surface area contributed by atoms with Gasteiger partial charge in [0.2, 0.25) is 11.5 Å². The van der Waals surface area contributed by atoms with Crippen molar-refractivity contribution in [2.24, 2.45) is 0 Å². The van der Waals surface area contributed by atoms with E-state index in [0.717, 1.165) is 6.07 Å². The van der Waals surface area contributed by atoms with Gasteiger partial charge in [-0.25, -0.2) is 23.3 Å². The zero-order chi connectivity index (χ0) is 28.7. The van der Waals surface area contributed by atoms with Crippen molar-refractivity contribution in [1.29, 1.82) is 0 Å². The van der Waals surface area contributed by atoms with Crippen molar-refractivity contribution >= 4 is 29.6 Å². The lowest BCUT2D eigenvalue weighted by molar-refractivity contribution is -0.187. The van der Waals surface area contributed by atoms with Crippen LogP contribution in [0.4, 0.5) is 37.2 Å². The Morgan fingerprint density at radius 1 is 1.15 bits per heavy atom. The van der Waals surface area contributed by atoms with Gasteiger partial charge in [0.25, 0.3) is 5.91 Å². The number of fused-ring (bicyclic) bond motifs is 2. The molecule has 2 N–H and O–H groups in total. The summed E-state index contributed by atoms with van der Waals surface area (Å²) in [5, 5.41) is 4.96. The molecule has 1 unspecified atom stereocenters. The Labute approximate surface area is 218 Å². The third-order valence-electron chi connectivity index (χ3n) is 6.75. The third kappa shape index (κ3) is 5.22. The van der Waals surface area contributed by atoms with Gasteiger partial charge in [-0.2, -0.15) is 13.2 Å². The quantitative estimate of drug-likeness (QED) is 0.528. The van der Waals surface area contributed by atoms with Crippen molar-refractivity contribution in [1.82, 2.24) is 15.1 Å². The van der Waals surface area contributed by atoms with E-state index in [9.17, 15) is 41.1 Å². The van der Waals surface area contributed by atoms with Gasteiger partial charge in [-0.05, 0) is 49.2 Å². The summed E-state index contributed by atoms with van der Waals surface area (Å²) >= 11 is 0. The van der Waals surface area contributed by atoms with Crippen LogP contribution >= 0.6 is 0 Å². The molecular weight excluding hydrogens is 531 g/mol. The zero-order valence-corrected chi connectivity index (χ0v) is 20.7. The SMILES string of the molecule is CNC(=O)Nc1ccc2c(c1)CCC21OC(=O)N(CC(=O)N(Cc2cc(F)ccc2F)[C@@H](C)C(F)(F)F)C1=O. The van der Waals surface area contributed by atoms with E-state index < -0.39 is 72.0 Å². The van der Waals surface area contributed by atoms with Gasteiger partial charge in [-0.3, -0.25) is 9.59 Å². The number of nitrogens with zero attached hydrogens (tertiary/aromatic N) is 2. The lowest BCUT2D eigenvalue weighted by atomic mass is 9.94. The van der Waals surface area contributed by atoms with Gasteiger partial charge in [0.05, 0.1) is 0 Å². The molecule has 2 aliphatic rings. The summed E-state index contributed by atoms with van der Waals surface area (Å²) in [7, 11) is 1.43. The number of aryl methyl sites for hydroxylation is 1. The van der Waals surface area contributed by atoms with Gasteiger partial charge in [0.1, 0.15) is 24.2 Å². The zero-order valence-electron chi connectivity index (χ0n) is 20.7. The highest BCUT2D eigenvalue weighted by Crippen LogP contribution is 2.46. The van der Waals surface area contributed by atoms with Crippen LogP contribution in [0.3, 0.4) is 0 Å². The van der Waals surface area contributed by atoms with Crippen LogP contribution in [0.2, 0.25) is 0 Å². The van der Waals surface area contributed by atoms with Gasteiger partial charge in [-0.1, -0.05) is 6.07 Å². The Balaban J connectivity index is 1.58. The van der Waals surface area contributed by atoms with Gasteiger partial charge < -0.3 is 20.3 Å². The molecule has 1 saturated heterocycles.